The molecule has 0 bridgehead atoms. The number of hydrogen-bond acceptors (Lipinski definition) is 2. The molecule has 0 spiro atoms. The summed E-state index contributed by atoms with van der Waals surface area (Å²) in [7, 11) is 0. The molecule has 0 aromatic carbocycles. The van der Waals surface area contributed by atoms with Gasteiger partial charge in [-0.05, 0) is 19.9 Å². The van der Waals surface area contributed by atoms with E-state index in [0.717, 1.165) is 4.68 Å². The Labute approximate surface area is 75.7 Å². The number of rotatable bonds is 2. The van der Waals surface area contributed by atoms with E-state index < -0.39 is 18.2 Å². The molecule has 72 valence electrons. The number of alkyl halides is 1. The second-order valence-corrected chi connectivity index (χ2v) is 3.40. The molecule has 0 atom stereocenters. The van der Waals surface area contributed by atoms with Gasteiger partial charge in [-0.2, -0.15) is 9.78 Å². The topological polar surface area (TPSA) is 46.9 Å². The van der Waals surface area contributed by atoms with Crippen LogP contribution in [0.2, 0.25) is 0 Å². The van der Waals surface area contributed by atoms with Crippen LogP contribution in [0.25, 0.3) is 0 Å². The van der Waals surface area contributed by atoms with E-state index in [2.05, 4.69) is 10.4 Å². The van der Waals surface area contributed by atoms with Crippen molar-refractivity contribution in [2.45, 2.75) is 19.4 Å². The Hall–Kier alpha value is -1.39. The van der Waals surface area contributed by atoms with Crippen LogP contribution in [0.15, 0.2) is 18.5 Å². The lowest BCUT2D eigenvalue weighted by molar-refractivity contribution is 0.219. The number of carbonyl (C=O) groups is 1. The van der Waals surface area contributed by atoms with Gasteiger partial charge < -0.3 is 5.32 Å². The molecule has 0 aliphatic carbocycles. The molecule has 1 aromatic heterocycles. The minimum absolute atomic E-state index is 0.423. The molecule has 0 unspecified atom stereocenters. The molecule has 0 radical (unpaired) electrons. The van der Waals surface area contributed by atoms with Crippen molar-refractivity contribution >= 4 is 6.03 Å². The highest BCUT2D eigenvalue weighted by molar-refractivity contribution is 5.76. The first kappa shape index (κ1) is 9.70. The highest BCUT2D eigenvalue weighted by Gasteiger charge is 2.20. The summed E-state index contributed by atoms with van der Waals surface area (Å²) in [5.74, 6) is 0. The van der Waals surface area contributed by atoms with Crippen LogP contribution in [0.1, 0.15) is 13.8 Å². The molecule has 1 rings (SSSR count). The van der Waals surface area contributed by atoms with Gasteiger partial charge in [0.1, 0.15) is 6.67 Å². The first-order valence-electron chi connectivity index (χ1n) is 3.93. The maximum absolute atomic E-state index is 12.3. The van der Waals surface area contributed by atoms with Crippen LogP contribution in [-0.2, 0) is 0 Å². The monoisotopic (exact) mass is 185 g/mol. The molecule has 0 saturated carbocycles. The van der Waals surface area contributed by atoms with E-state index in [1.54, 1.807) is 19.9 Å². The second kappa shape index (κ2) is 3.55. The van der Waals surface area contributed by atoms with Crippen molar-refractivity contribution < 1.29 is 9.18 Å². The summed E-state index contributed by atoms with van der Waals surface area (Å²) in [6.07, 6.45) is 2.99. The lowest BCUT2D eigenvalue weighted by Crippen LogP contribution is -2.47. The number of carbonyl (C=O) groups excluding carboxylic acids is 1. The molecule has 1 heterocycles. The van der Waals surface area contributed by atoms with Crippen LogP contribution in [0.4, 0.5) is 9.18 Å². The van der Waals surface area contributed by atoms with E-state index in [1.807, 2.05) is 0 Å². The zero-order valence-corrected chi connectivity index (χ0v) is 7.62. The predicted molar refractivity (Wildman–Crippen MR) is 46.2 cm³/mol. The van der Waals surface area contributed by atoms with Crippen molar-refractivity contribution in [3.63, 3.8) is 0 Å². The van der Waals surface area contributed by atoms with Gasteiger partial charge >= 0.3 is 6.03 Å². The lowest BCUT2D eigenvalue weighted by atomic mass is 10.1. The van der Waals surface area contributed by atoms with Crippen molar-refractivity contribution in [2.24, 2.45) is 0 Å². The smallest absolute Gasteiger partial charge is 0.329 e. The first-order chi connectivity index (χ1) is 6.05. The van der Waals surface area contributed by atoms with Crippen LogP contribution < -0.4 is 5.32 Å². The predicted octanol–water partition coefficient (Wildman–Crippen LogP) is 1.19. The normalized spacial score (nSPS) is 11.3. The van der Waals surface area contributed by atoms with Crippen LogP contribution in [0.3, 0.4) is 0 Å². The minimum Gasteiger partial charge on any atom is -0.329 e. The third-order valence-electron chi connectivity index (χ3n) is 1.49. The Kier molecular flexibility index (Phi) is 2.65. The van der Waals surface area contributed by atoms with Crippen LogP contribution >= 0.6 is 0 Å². The summed E-state index contributed by atoms with van der Waals surface area (Å²) >= 11 is 0. The summed E-state index contributed by atoms with van der Waals surface area (Å²) in [6, 6.07) is 1.20. The van der Waals surface area contributed by atoms with E-state index in [4.69, 9.17) is 0 Å². The van der Waals surface area contributed by atoms with Crippen molar-refractivity contribution in [3.05, 3.63) is 18.5 Å². The molecule has 0 fully saturated rings. The number of aromatic nitrogens is 2. The molecular weight excluding hydrogens is 173 g/mol. The molecule has 1 N–H and O–H groups in total. The summed E-state index contributed by atoms with van der Waals surface area (Å²) in [5, 5.41) is 6.21. The van der Waals surface area contributed by atoms with Gasteiger partial charge in [-0.25, -0.2) is 9.18 Å². The number of amides is 1. The number of halogens is 1. The average Bonchev–Trinajstić information content (AvgIpc) is 2.55. The fourth-order valence-electron chi connectivity index (χ4n) is 0.769. The maximum Gasteiger partial charge on any atom is 0.342 e. The van der Waals surface area contributed by atoms with Gasteiger partial charge in [0.15, 0.2) is 0 Å². The summed E-state index contributed by atoms with van der Waals surface area (Å²) in [5.41, 5.74) is -0.844. The highest BCUT2D eigenvalue weighted by Crippen LogP contribution is 2.02. The van der Waals surface area contributed by atoms with Gasteiger partial charge in [0, 0.05) is 12.4 Å². The third-order valence-corrected chi connectivity index (χ3v) is 1.49. The quantitative estimate of drug-likeness (QED) is 0.752. The molecule has 1 aromatic rings. The minimum atomic E-state index is -0.844. The molecule has 0 aliphatic rings. The zero-order chi connectivity index (χ0) is 9.90. The van der Waals surface area contributed by atoms with E-state index in [0.29, 0.717) is 0 Å². The van der Waals surface area contributed by atoms with Gasteiger partial charge in [0.05, 0.1) is 5.54 Å². The fourth-order valence-corrected chi connectivity index (χ4v) is 0.769. The van der Waals surface area contributed by atoms with Crippen molar-refractivity contribution in [1.29, 1.82) is 0 Å². The van der Waals surface area contributed by atoms with Gasteiger partial charge in [-0.15, -0.1) is 0 Å². The van der Waals surface area contributed by atoms with E-state index in [9.17, 15) is 9.18 Å². The molecule has 1 amide bonds. The Morgan fingerprint density at radius 1 is 1.69 bits per heavy atom. The molecule has 0 aliphatic heterocycles. The van der Waals surface area contributed by atoms with Crippen molar-refractivity contribution in [2.75, 3.05) is 6.67 Å². The highest BCUT2D eigenvalue weighted by atomic mass is 19.1. The second-order valence-electron chi connectivity index (χ2n) is 3.40. The average molecular weight is 185 g/mol. The Morgan fingerprint density at radius 2 is 2.38 bits per heavy atom. The standard InChI is InChI=1S/C8H12FN3O/c1-8(2,6-9)11-7(13)12-5-3-4-10-12/h3-5H,6H2,1-2H3,(H,11,13). The van der Waals surface area contributed by atoms with E-state index >= 15 is 0 Å². The van der Waals surface area contributed by atoms with Gasteiger partial charge in [-0.3, -0.25) is 0 Å². The van der Waals surface area contributed by atoms with Gasteiger partial charge in [-0.1, -0.05) is 0 Å². The fraction of sp³-hybridized carbons (Fsp3) is 0.500. The van der Waals surface area contributed by atoms with Crippen LogP contribution in [0.5, 0.6) is 0 Å². The van der Waals surface area contributed by atoms with Gasteiger partial charge in [0.2, 0.25) is 0 Å². The molecule has 4 nitrogen and oxygen atoms in total. The Balaban J connectivity index is 2.61. The largest absolute Gasteiger partial charge is 0.342 e. The SMILES string of the molecule is CC(C)(CF)NC(=O)n1cccn1. The molecular formula is C8H12FN3O. The summed E-state index contributed by atoms with van der Waals surface area (Å²) < 4.78 is 13.5. The zero-order valence-electron chi connectivity index (χ0n) is 7.62. The van der Waals surface area contributed by atoms with Crippen LogP contribution in [0, 0.1) is 0 Å². The summed E-state index contributed by atoms with van der Waals surface area (Å²) in [4.78, 5) is 11.3. The summed E-state index contributed by atoms with van der Waals surface area (Å²) in [6.45, 7) is 2.60. The van der Waals surface area contributed by atoms with Crippen LogP contribution in [-0.4, -0.2) is 28.0 Å². The molecule has 5 heteroatoms. The Bertz CT molecular complexity index is 282. The van der Waals surface area contributed by atoms with E-state index in [1.165, 1.54) is 12.4 Å². The number of nitrogens with one attached hydrogen (secondary N) is 1. The third kappa shape index (κ3) is 2.54. The number of nitrogens with zero attached hydrogens (tertiary/aromatic N) is 2. The number of hydrogen-bond donors (Lipinski definition) is 1. The lowest BCUT2D eigenvalue weighted by Gasteiger charge is -2.21. The maximum atomic E-state index is 12.3. The molecule has 0 saturated heterocycles. The first-order valence-corrected chi connectivity index (χ1v) is 3.93. The Morgan fingerprint density at radius 3 is 2.85 bits per heavy atom. The van der Waals surface area contributed by atoms with Gasteiger partial charge in [0.25, 0.3) is 0 Å². The van der Waals surface area contributed by atoms with E-state index in [-0.39, 0.29) is 0 Å². The van der Waals surface area contributed by atoms with Crippen molar-refractivity contribution in [3.8, 4) is 0 Å². The van der Waals surface area contributed by atoms with Crippen molar-refractivity contribution in [1.82, 2.24) is 15.1 Å². The molecule has 13 heavy (non-hydrogen) atoms.